The SMILES string of the molecule is O=C(CN1C(=O)CCOc2ccccc21)Nc1ccc(N2CCCC2=O)cc1. The van der Waals surface area contributed by atoms with Crippen LogP contribution in [-0.2, 0) is 14.4 Å². The number of para-hydroxylation sites is 2. The van der Waals surface area contributed by atoms with Crippen LogP contribution in [0.15, 0.2) is 48.5 Å². The van der Waals surface area contributed by atoms with Crippen LogP contribution in [0.3, 0.4) is 0 Å². The third-order valence-corrected chi connectivity index (χ3v) is 4.87. The van der Waals surface area contributed by atoms with Gasteiger partial charge in [-0.25, -0.2) is 0 Å². The Morgan fingerprint density at radius 1 is 1.00 bits per heavy atom. The molecule has 0 saturated carbocycles. The summed E-state index contributed by atoms with van der Waals surface area (Å²) in [5, 5.41) is 2.81. The van der Waals surface area contributed by atoms with E-state index >= 15 is 0 Å². The Balaban J connectivity index is 1.44. The lowest BCUT2D eigenvalue weighted by atomic mass is 10.2. The molecule has 2 heterocycles. The molecule has 3 amide bonds. The maximum Gasteiger partial charge on any atom is 0.244 e. The van der Waals surface area contributed by atoms with Gasteiger partial charge in [-0.2, -0.15) is 0 Å². The Morgan fingerprint density at radius 3 is 2.54 bits per heavy atom. The number of amides is 3. The second kappa shape index (κ2) is 7.72. The van der Waals surface area contributed by atoms with Crippen molar-refractivity contribution in [1.82, 2.24) is 0 Å². The Bertz CT molecular complexity index is 910. The van der Waals surface area contributed by atoms with Crippen molar-refractivity contribution in [3.63, 3.8) is 0 Å². The van der Waals surface area contributed by atoms with Gasteiger partial charge in [0.05, 0.1) is 18.7 Å². The fraction of sp³-hybridized carbons (Fsp3) is 0.286. The highest BCUT2D eigenvalue weighted by atomic mass is 16.5. The zero-order valence-corrected chi connectivity index (χ0v) is 15.4. The number of hydrogen-bond acceptors (Lipinski definition) is 4. The summed E-state index contributed by atoms with van der Waals surface area (Å²) in [4.78, 5) is 40.0. The van der Waals surface area contributed by atoms with Crippen LogP contribution in [0.5, 0.6) is 5.75 Å². The first kappa shape index (κ1) is 18.0. The van der Waals surface area contributed by atoms with Crippen LogP contribution in [0.1, 0.15) is 19.3 Å². The monoisotopic (exact) mass is 379 g/mol. The summed E-state index contributed by atoms with van der Waals surface area (Å²) in [5.41, 5.74) is 2.05. The second-order valence-corrected chi connectivity index (χ2v) is 6.79. The van der Waals surface area contributed by atoms with E-state index in [1.54, 1.807) is 29.2 Å². The highest BCUT2D eigenvalue weighted by Gasteiger charge is 2.25. The Kier molecular flexibility index (Phi) is 4.97. The normalized spacial score (nSPS) is 16.4. The minimum absolute atomic E-state index is 0.0917. The molecule has 0 unspecified atom stereocenters. The first-order valence-corrected chi connectivity index (χ1v) is 9.34. The second-order valence-electron chi connectivity index (χ2n) is 6.79. The smallest absolute Gasteiger partial charge is 0.244 e. The largest absolute Gasteiger partial charge is 0.491 e. The molecule has 0 spiro atoms. The molecule has 0 aromatic heterocycles. The molecule has 0 bridgehead atoms. The maximum atomic E-state index is 12.5. The molecule has 2 aromatic carbocycles. The summed E-state index contributed by atoms with van der Waals surface area (Å²) in [7, 11) is 0. The van der Waals surface area contributed by atoms with E-state index in [4.69, 9.17) is 4.74 Å². The summed E-state index contributed by atoms with van der Waals surface area (Å²) < 4.78 is 5.59. The third kappa shape index (κ3) is 3.69. The van der Waals surface area contributed by atoms with Crippen LogP contribution in [0, 0.1) is 0 Å². The molecule has 7 nitrogen and oxygen atoms in total. The fourth-order valence-corrected chi connectivity index (χ4v) is 3.48. The molecule has 1 fully saturated rings. The van der Waals surface area contributed by atoms with Crippen LogP contribution in [-0.4, -0.2) is 37.4 Å². The fourth-order valence-electron chi connectivity index (χ4n) is 3.48. The van der Waals surface area contributed by atoms with Gasteiger partial charge < -0.3 is 15.0 Å². The Morgan fingerprint density at radius 2 is 1.79 bits per heavy atom. The standard InChI is InChI=1S/C21H21N3O4/c25-19(14-24-17-4-1-2-5-18(17)28-13-11-21(24)27)22-15-7-9-16(10-8-15)23-12-3-6-20(23)26/h1-2,4-5,7-10H,3,6,11-14H2,(H,22,25). The molecule has 0 atom stereocenters. The summed E-state index contributed by atoms with van der Waals surface area (Å²) >= 11 is 0. The molecule has 2 aliphatic rings. The van der Waals surface area contributed by atoms with E-state index in [1.165, 1.54) is 4.90 Å². The van der Waals surface area contributed by atoms with Crippen molar-refractivity contribution < 1.29 is 19.1 Å². The minimum atomic E-state index is -0.296. The van der Waals surface area contributed by atoms with Gasteiger partial charge in [0.15, 0.2) is 0 Å². The van der Waals surface area contributed by atoms with E-state index in [9.17, 15) is 14.4 Å². The van der Waals surface area contributed by atoms with Crippen molar-refractivity contribution in [3.05, 3.63) is 48.5 Å². The van der Waals surface area contributed by atoms with Crippen molar-refractivity contribution in [2.24, 2.45) is 0 Å². The first-order chi connectivity index (χ1) is 13.6. The van der Waals surface area contributed by atoms with Crippen molar-refractivity contribution in [3.8, 4) is 5.75 Å². The molecule has 2 aliphatic heterocycles. The Hall–Kier alpha value is -3.35. The summed E-state index contributed by atoms with van der Waals surface area (Å²) in [5.74, 6) is 0.274. The minimum Gasteiger partial charge on any atom is -0.491 e. The van der Waals surface area contributed by atoms with E-state index in [0.29, 0.717) is 30.2 Å². The molecule has 144 valence electrons. The average Bonchev–Trinajstić information content (AvgIpc) is 3.06. The quantitative estimate of drug-likeness (QED) is 0.886. The first-order valence-electron chi connectivity index (χ1n) is 9.34. The van der Waals surface area contributed by atoms with Crippen LogP contribution >= 0.6 is 0 Å². The van der Waals surface area contributed by atoms with Crippen molar-refractivity contribution in [1.29, 1.82) is 0 Å². The van der Waals surface area contributed by atoms with Gasteiger partial charge in [-0.15, -0.1) is 0 Å². The van der Waals surface area contributed by atoms with Gasteiger partial charge in [-0.1, -0.05) is 12.1 Å². The number of anilines is 3. The van der Waals surface area contributed by atoms with Gasteiger partial charge in [-0.3, -0.25) is 19.3 Å². The average molecular weight is 379 g/mol. The van der Waals surface area contributed by atoms with E-state index in [1.807, 2.05) is 24.3 Å². The summed E-state index contributed by atoms with van der Waals surface area (Å²) in [6, 6.07) is 14.4. The number of fused-ring (bicyclic) bond motifs is 1. The molecule has 7 heteroatoms. The number of nitrogens with one attached hydrogen (secondary N) is 1. The Labute approximate surface area is 162 Å². The van der Waals surface area contributed by atoms with Gasteiger partial charge >= 0.3 is 0 Å². The zero-order valence-electron chi connectivity index (χ0n) is 15.4. The maximum absolute atomic E-state index is 12.5. The van der Waals surface area contributed by atoms with Crippen LogP contribution in [0.2, 0.25) is 0 Å². The van der Waals surface area contributed by atoms with E-state index in [2.05, 4.69) is 5.32 Å². The zero-order chi connectivity index (χ0) is 19.5. The number of benzene rings is 2. The molecule has 0 radical (unpaired) electrons. The molecule has 28 heavy (non-hydrogen) atoms. The van der Waals surface area contributed by atoms with Crippen molar-refractivity contribution in [2.75, 3.05) is 34.8 Å². The topological polar surface area (TPSA) is 79.0 Å². The van der Waals surface area contributed by atoms with E-state index in [0.717, 1.165) is 18.7 Å². The highest BCUT2D eigenvalue weighted by Crippen LogP contribution is 2.31. The molecule has 1 saturated heterocycles. The number of carbonyl (C=O) groups is 3. The molecule has 1 N–H and O–H groups in total. The molecule has 0 aliphatic carbocycles. The summed E-state index contributed by atoms with van der Waals surface area (Å²) in [6.07, 6.45) is 1.67. The number of carbonyl (C=O) groups excluding carboxylic acids is 3. The predicted octanol–water partition coefficient (Wildman–Crippen LogP) is 2.57. The van der Waals surface area contributed by atoms with Gasteiger partial charge in [0.25, 0.3) is 0 Å². The lowest BCUT2D eigenvalue weighted by Crippen LogP contribution is -2.37. The number of rotatable bonds is 4. The van der Waals surface area contributed by atoms with Crippen LogP contribution in [0.4, 0.5) is 17.1 Å². The van der Waals surface area contributed by atoms with Crippen LogP contribution in [0.25, 0.3) is 0 Å². The third-order valence-electron chi connectivity index (χ3n) is 4.87. The summed E-state index contributed by atoms with van der Waals surface area (Å²) in [6.45, 7) is 0.930. The number of nitrogens with zero attached hydrogens (tertiary/aromatic N) is 2. The van der Waals surface area contributed by atoms with E-state index in [-0.39, 0.29) is 30.7 Å². The number of ether oxygens (including phenoxy) is 1. The van der Waals surface area contributed by atoms with Crippen molar-refractivity contribution in [2.45, 2.75) is 19.3 Å². The number of hydrogen-bond donors (Lipinski definition) is 1. The van der Waals surface area contributed by atoms with Gasteiger partial charge in [-0.05, 0) is 42.8 Å². The molecule has 2 aromatic rings. The van der Waals surface area contributed by atoms with Gasteiger partial charge in [0.1, 0.15) is 12.3 Å². The molecular formula is C21H21N3O4. The van der Waals surface area contributed by atoms with Crippen molar-refractivity contribution >= 4 is 34.8 Å². The molecule has 4 rings (SSSR count). The van der Waals surface area contributed by atoms with E-state index < -0.39 is 0 Å². The van der Waals surface area contributed by atoms with Crippen LogP contribution < -0.4 is 19.9 Å². The lowest BCUT2D eigenvalue weighted by molar-refractivity contribution is -0.121. The highest BCUT2D eigenvalue weighted by molar-refractivity contribution is 6.04. The molecular weight excluding hydrogens is 358 g/mol. The predicted molar refractivity (Wildman–Crippen MR) is 106 cm³/mol. The van der Waals surface area contributed by atoms with Gasteiger partial charge in [0, 0.05) is 24.3 Å². The lowest BCUT2D eigenvalue weighted by Gasteiger charge is -2.21. The van der Waals surface area contributed by atoms with Gasteiger partial charge in [0.2, 0.25) is 17.7 Å².